The minimum atomic E-state index is -0.205. The van der Waals surface area contributed by atoms with Gasteiger partial charge in [0.25, 0.3) is 0 Å². The molecule has 1 aromatic heterocycles. The van der Waals surface area contributed by atoms with Gasteiger partial charge in [-0.1, -0.05) is 5.92 Å². The fourth-order valence-electron chi connectivity index (χ4n) is 2.39. The molecule has 96 valence electrons. The molecule has 1 aliphatic heterocycles. The third-order valence-corrected chi connectivity index (χ3v) is 3.45. The second-order valence-electron chi connectivity index (χ2n) is 5.38. The highest BCUT2D eigenvalue weighted by Crippen LogP contribution is 2.20. The zero-order valence-corrected chi connectivity index (χ0v) is 11.2. The number of nitrogens with one attached hydrogen (secondary N) is 1. The Hall–Kier alpha value is -1.53. The SMILES string of the molecule is C#CC(C)(C)NC1CCN(c2ccncc2)CC1. The summed E-state index contributed by atoms with van der Waals surface area (Å²) in [6.07, 6.45) is 11.5. The fourth-order valence-corrected chi connectivity index (χ4v) is 2.39. The standard InChI is InChI=1S/C15H21N3/c1-4-15(2,3)17-13-7-11-18(12-8-13)14-5-9-16-10-6-14/h1,5-6,9-10,13,17H,7-8,11-12H2,2-3H3. The van der Waals surface area contributed by atoms with E-state index in [1.807, 2.05) is 12.4 Å². The number of anilines is 1. The highest BCUT2D eigenvalue weighted by Gasteiger charge is 2.24. The highest BCUT2D eigenvalue weighted by atomic mass is 15.2. The number of hydrogen-bond acceptors (Lipinski definition) is 3. The number of piperidine rings is 1. The van der Waals surface area contributed by atoms with E-state index in [4.69, 9.17) is 6.42 Å². The molecule has 0 atom stereocenters. The molecule has 2 heterocycles. The lowest BCUT2D eigenvalue weighted by molar-refractivity contribution is 0.349. The van der Waals surface area contributed by atoms with E-state index in [9.17, 15) is 0 Å². The normalized spacial score (nSPS) is 17.5. The molecule has 1 aromatic rings. The number of rotatable bonds is 3. The largest absolute Gasteiger partial charge is 0.371 e. The van der Waals surface area contributed by atoms with Gasteiger partial charge in [0.2, 0.25) is 0 Å². The van der Waals surface area contributed by atoms with Gasteiger partial charge >= 0.3 is 0 Å². The average Bonchev–Trinajstić information content (AvgIpc) is 2.40. The lowest BCUT2D eigenvalue weighted by Crippen LogP contribution is -2.50. The molecule has 0 aromatic carbocycles. The quantitative estimate of drug-likeness (QED) is 0.824. The van der Waals surface area contributed by atoms with Crippen molar-refractivity contribution in [1.29, 1.82) is 0 Å². The predicted octanol–water partition coefficient (Wildman–Crippen LogP) is 2.05. The van der Waals surface area contributed by atoms with E-state index in [2.05, 4.69) is 47.1 Å². The van der Waals surface area contributed by atoms with E-state index in [-0.39, 0.29) is 5.54 Å². The fraction of sp³-hybridized carbons (Fsp3) is 0.533. The summed E-state index contributed by atoms with van der Waals surface area (Å²) in [5, 5.41) is 3.54. The van der Waals surface area contributed by atoms with Crippen LogP contribution >= 0.6 is 0 Å². The summed E-state index contributed by atoms with van der Waals surface area (Å²) in [5.41, 5.74) is 1.06. The Balaban J connectivity index is 1.88. The van der Waals surface area contributed by atoms with Gasteiger partial charge in [0.15, 0.2) is 0 Å². The smallest absolute Gasteiger partial charge is 0.0743 e. The van der Waals surface area contributed by atoms with E-state index in [1.165, 1.54) is 5.69 Å². The zero-order chi connectivity index (χ0) is 13.0. The van der Waals surface area contributed by atoms with Crippen molar-refractivity contribution in [3.8, 4) is 12.3 Å². The summed E-state index contributed by atoms with van der Waals surface area (Å²) in [6, 6.07) is 4.66. The van der Waals surface area contributed by atoms with Gasteiger partial charge < -0.3 is 4.90 Å². The minimum Gasteiger partial charge on any atom is -0.371 e. The summed E-state index contributed by atoms with van der Waals surface area (Å²) in [7, 11) is 0. The Morgan fingerprint density at radius 1 is 1.33 bits per heavy atom. The van der Waals surface area contributed by atoms with Crippen LogP contribution in [0.3, 0.4) is 0 Å². The maximum atomic E-state index is 5.51. The summed E-state index contributed by atoms with van der Waals surface area (Å²) < 4.78 is 0. The van der Waals surface area contributed by atoms with Crippen LogP contribution in [0.4, 0.5) is 5.69 Å². The van der Waals surface area contributed by atoms with E-state index in [1.54, 1.807) is 0 Å². The monoisotopic (exact) mass is 243 g/mol. The van der Waals surface area contributed by atoms with Gasteiger partial charge in [0.1, 0.15) is 0 Å². The second kappa shape index (κ2) is 5.41. The first-order valence-electron chi connectivity index (χ1n) is 6.51. The molecule has 3 heteroatoms. The lowest BCUT2D eigenvalue weighted by Gasteiger charge is -2.36. The molecule has 3 nitrogen and oxygen atoms in total. The first kappa shape index (κ1) is 12.9. The molecule has 0 radical (unpaired) electrons. The Labute approximate surface area is 110 Å². The third-order valence-electron chi connectivity index (χ3n) is 3.45. The number of terminal acetylenes is 1. The molecule has 18 heavy (non-hydrogen) atoms. The number of pyridine rings is 1. The van der Waals surface area contributed by atoms with Crippen LogP contribution in [0.25, 0.3) is 0 Å². The summed E-state index contributed by atoms with van der Waals surface area (Å²) >= 11 is 0. The van der Waals surface area contributed by atoms with Crippen LogP contribution in [-0.2, 0) is 0 Å². The first-order chi connectivity index (χ1) is 8.61. The van der Waals surface area contributed by atoms with Gasteiger partial charge in [0, 0.05) is 37.2 Å². The van der Waals surface area contributed by atoms with Gasteiger partial charge in [-0.15, -0.1) is 6.42 Å². The van der Waals surface area contributed by atoms with Gasteiger partial charge in [-0.2, -0.15) is 0 Å². The van der Waals surface area contributed by atoms with E-state index in [0.717, 1.165) is 25.9 Å². The van der Waals surface area contributed by atoms with Gasteiger partial charge in [-0.25, -0.2) is 0 Å². The van der Waals surface area contributed by atoms with Crippen molar-refractivity contribution in [2.75, 3.05) is 18.0 Å². The van der Waals surface area contributed by atoms with Crippen LogP contribution in [0, 0.1) is 12.3 Å². The number of nitrogens with zero attached hydrogens (tertiary/aromatic N) is 2. The topological polar surface area (TPSA) is 28.2 Å². The van der Waals surface area contributed by atoms with Crippen molar-refractivity contribution in [2.45, 2.75) is 38.3 Å². The molecule has 0 saturated carbocycles. The molecule has 2 rings (SSSR count). The number of hydrogen-bond donors (Lipinski definition) is 1. The Morgan fingerprint density at radius 2 is 1.94 bits per heavy atom. The molecule has 0 bridgehead atoms. The van der Waals surface area contributed by atoms with Gasteiger partial charge in [-0.05, 0) is 38.8 Å². The van der Waals surface area contributed by atoms with Gasteiger partial charge in [0.05, 0.1) is 5.54 Å². The van der Waals surface area contributed by atoms with Crippen molar-refractivity contribution in [3.05, 3.63) is 24.5 Å². The lowest BCUT2D eigenvalue weighted by atomic mass is 9.99. The number of aromatic nitrogens is 1. The van der Waals surface area contributed by atoms with Crippen LogP contribution in [0.2, 0.25) is 0 Å². The maximum absolute atomic E-state index is 5.51. The Bertz CT molecular complexity index is 411. The van der Waals surface area contributed by atoms with Crippen LogP contribution in [0.5, 0.6) is 0 Å². The zero-order valence-electron chi connectivity index (χ0n) is 11.2. The van der Waals surface area contributed by atoms with Crippen molar-refractivity contribution >= 4 is 5.69 Å². The van der Waals surface area contributed by atoms with Crippen LogP contribution in [-0.4, -0.2) is 29.7 Å². The van der Waals surface area contributed by atoms with E-state index >= 15 is 0 Å². The Kier molecular flexibility index (Phi) is 3.88. The first-order valence-corrected chi connectivity index (χ1v) is 6.51. The molecule has 1 fully saturated rings. The van der Waals surface area contributed by atoms with Crippen molar-refractivity contribution in [3.63, 3.8) is 0 Å². The second-order valence-corrected chi connectivity index (χ2v) is 5.38. The molecular formula is C15H21N3. The summed E-state index contributed by atoms with van der Waals surface area (Å²) in [4.78, 5) is 6.46. The van der Waals surface area contributed by atoms with Crippen LogP contribution < -0.4 is 10.2 Å². The van der Waals surface area contributed by atoms with E-state index < -0.39 is 0 Å². The molecular weight excluding hydrogens is 222 g/mol. The molecule has 0 spiro atoms. The molecule has 0 amide bonds. The van der Waals surface area contributed by atoms with Crippen molar-refractivity contribution < 1.29 is 0 Å². The summed E-state index contributed by atoms with van der Waals surface area (Å²) in [5.74, 6) is 2.80. The average molecular weight is 243 g/mol. The molecule has 0 unspecified atom stereocenters. The summed E-state index contributed by atoms with van der Waals surface area (Å²) in [6.45, 7) is 6.26. The molecule has 1 N–H and O–H groups in total. The minimum absolute atomic E-state index is 0.205. The molecule has 0 aliphatic carbocycles. The van der Waals surface area contributed by atoms with Crippen LogP contribution in [0.1, 0.15) is 26.7 Å². The maximum Gasteiger partial charge on any atom is 0.0743 e. The Morgan fingerprint density at radius 3 is 2.50 bits per heavy atom. The predicted molar refractivity (Wildman–Crippen MR) is 75.5 cm³/mol. The van der Waals surface area contributed by atoms with Crippen molar-refractivity contribution in [1.82, 2.24) is 10.3 Å². The highest BCUT2D eigenvalue weighted by molar-refractivity contribution is 5.44. The molecule has 1 aliphatic rings. The van der Waals surface area contributed by atoms with E-state index in [0.29, 0.717) is 6.04 Å². The van der Waals surface area contributed by atoms with Gasteiger partial charge in [-0.3, -0.25) is 10.3 Å². The van der Waals surface area contributed by atoms with Crippen molar-refractivity contribution in [2.24, 2.45) is 0 Å². The molecule has 1 saturated heterocycles. The van der Waals surface area contributed by atoms with Crippen LogP contribution in [0.15, 0.2) is 24.5 Å². The third kappa shape index (κ3) is 3.24.